The molecule has 0 aliphatic carbocycles. The summed E-state index contributed by atoms with van der Waals surface area (Å²) in [5.74, 6) is 0.431. The molecule has 0 saturated carbocycles. The van der Waals surface area contributed by atoms with Crippen molar-refractivity contribution in [1.82, 2.24) is 0 Å². The molecule has 1 aromatic carbocycles. The summed E-state index contributed by atoms with van der Waals surface area (Å²) < 4.78 is 6.76. The van der Waals surface area contributed by atoms with Gasteiger partial charge >= 0.3 is 0 Å². The van der Waals surface area contributed by atoms with E-state index in [9.17, 15) is 5.11 Å². The minimum absolute atomic E-state index is 0.431. The Morgan fingerprint density at radius 1 is 1.00 bits per heavy atom. The first-order valence-corrected chi connectivity index (χ1v) is 14.7. The molecule has 1 atom stereocenters. The van der Waals surface area contributed by atoms with E-state index in [0.29, 0.717) is 5.75 Å². The Morgan fingerprint density at radius 3 is 2.27 bits per heavy atom. The second kappa shape index (κ2) is 8.89. The molecule has 1 rings (SSSR count). The van der Waals surface area contributed by atoms with Crippen LogP contribution in [0.15, 0.2) is 24.3 Å². The highest BCUT2D eigenvalue weighted by Gasteiger charge is 2.34. The van der Waals surface area contributed by atoms with Crippen molar-refractivity contribution >= 4 is 16.6 Å². The summed E-state index contributed by atoms with van der Waals surface area (Å²) in [4.78, 5) is 0. The van der Waals surface area contributed by atoms with Gasteiger partial charge in [-0.25, -0.2) is 0 Å². The van der Waals surface area contributed by atoms with E-state index in [1.807, 2.05) is 18.2 Å². The minimum atomic E-state index is -1.60. The maximum Gasteiger partial charge on any atom is 0.176 e. The molecule has 0 amide bonds. The number of phenols is 1. The molecule has 0 aliphatic heterocycles. The van der Waals surface area contributed by atoms with Crippen molar-refractivity contribution in [2.45, 2.75) is 77.3 Å². The summed E-state index contributed by atoms with van der Waals surface area (Å²) in [5.41, 5.74) is 1.07. The highest BCUT2D eigenvalue weighted by molar-refractivity contribution is 6.85. The molecular formula is C18H34O2Si2. The number of rotatable bonds is 10. The Hall–Kier alpha value is -0.586. The average molecular weight is 339 g/mol. The molecule has 0 heterocycles. The molecule has 2 nitrogen and oxygen atoms in total. The zero-order chi connectivity index (χ0) is 16.6. The fraction of sp³-hybridized carbons (Fsp3) is 0.667. The lowest BCUT2D eigenvalue weighted by Crippen LogP contribution is -2.45. The van der Waals surface area contributed by atoms with Gasteiger partial charge in [0.15, 0.2) is 16.6 Å². The van der Waals surface area contributed by atoms with Crippen LogP contribution in [0.5, 0.6) is 5.75 Å². The lowest BCUT2D eigenvalue weighted by atomic mass is 10.1. The van der Waals surface area contributed by atoms with Gasteiger partial charge in [0.2, 0.25) is 0 Å². The summed E-state index contributed by atoms with van der Waals surface area (Å²) in [5, 5.41) is 9.87. The second-order valence-corrected chi connectivity index (χ2v) is 16.2. The van der Waals surface area contributed by atoms with Crippen LogP contribution in [0.25, 0.3) is 0 Å². The highest BCUT2D eigenvalue weighted by atomic mass is 28.4. The van der Waals surface area contributed by atoms with Gasteiger partial charge in [-0.05, 0) is 62.2 Å². The van der Waals surface area contributed by atoms with Crippen molar-refractivity contribution in [3.63, 3.8) is 0 Å². The first kappa shape index (κ1) is 19.5. The first-order chi connectivity index (χ1) is 10.3. The quantitative estimate of drug-likeness (QED) is 0.535. The van der Waals surface area contributed by atoms with Crippen molar-refractivity contribution in [1.29, 1.82) is 0 Å². The third-order valence-corrected chi connectivity index (χ3v) is 13.2. The molecule has 0 spiro atoms. The Kier molecular flexibility index (Phi) is 7.87. The predicted molar refractivity (Wildman–Crippen MR) is 102 cm³/mol. The number of hydrogen-bond donors (Lipinski definition) is 1. The van der Waals surface area contributed by atoms with Gasteiger partial charge in [-0.2, -0.15) is 0 Å². The topological polar surface area (TPSA) is 29.5 Å². The van der Waals surface area contributed by atoms with Crippen molar-refractivity contribution in [3.05, 3.63) is 29.8 Å². The van der Waals surface area contributed by atoms with Crippen LogP contribution < -0.4 is 0 Å². The third kappa shape index (κ3) is 6.67. The van der Waals surface area contributed by atoms with Crippen molar-refractivity contribution in [2.24, 2.45) is 0 Å². The van der Waals surface area contributed by atoms with Crippen molar-refractivity contribution < 1.29 is 9.22 Å². The van der Waals surface area contributed by atoms with Gasteiger partial charge in [-0.1, -0.05) is 44.9 Å². The zero-order valence-corrected chi connectivity index (χ0v) is 17.1. The summed E-state index contributed by atoms with van der Waals surface area (Å²) in [7, 11) is -3.11. The van der Waals surface area contributed by atoms with E-state index in [-0.39, 0.29) is 0 Å². The molecule has 22 heavy (non-hydrogen) atoms. The fourth-order valence-electron chi connectivity index (χ4n) is 3.00. The molecular weight excluding hydrogens is 304 g/mol. The second-order valence-electron chi connectivity index (χ2n) is 7.25. The molecule has 0 saturated heterocycles. The van der Waals surface area contributed by atoms with E-state index in [1.165, 1.54) is 31.0 Å². The summed E-state index contributed by atoms with van der Waals surface area (Å²) in [6.07, 6.45) is 4.63. The SMILES string of the molecule is CCCC[Si](C)(C)O[Si](C)(CC)CCCc1ccccc1O. The van der Waals surface area contributed by atoms with E-state index in [4.69, 9.17) is 4.12 Å². The third-order valence-electron chi connectivity index (χ3n) is 4.55. The maximum atomic E-state index is 9.87. The smallest absolute Gasteiger partial charge is 0.176 e. The number of para-hydroxylation sites is 1. The molecule has 0 radical (unpaired) electrons. The van der Waals surface area contributed by atoms with E-state index in [0.717, 1.165) is 18.4 Å². The molecule has 4 heteroatoms. The summed E-state index contributed by atoms with van der Waals surface area (Å²) in [6.45, 7) is 11.7. The summed E-state index contributed by atoms with van der Waals surface area (Å²) >= 11 is 0. The molecule has 1 aromatic rings. The van der Waals surface area contributed by atoms with E-state index in [2.05, 4.69) is 33.5 Å². The van der Waals surface area contributed by atoms with Crippen LogP contribution in [-0.4, -0.2) is 21.7 Å². The van der Waals surface area contributed by atoms with Crippen molar-refractivity contribution in [2.75, 3.05) is 0 Å². The van der Waals surface area contributed by atoms with Crippen LogP contribution in [0.2, 0.25) is 37.8 Å². The monoisotopic (exact) mass is 338 g/mol. The van der Waals surface area contributed by atoms with Gasteiger partial charge in [0, 0.05) is 0 Å². The standard InChI is InChI=1S/C18H34O2Si2/c1-6-8-15-21(3,4)20-22(5,7-2)16-11-13-17-12-9-10-14-18(17)19/h9-10,12,14,19H,6-8,11,13,15-16H2,1-5H3. The number of phenolic OH excluding ortho intramolecular Hbond substituents is 1. The van der Waals surface area contributed by atoms with Crippen LogP contribution in [0, 0.1) is 0 Å². The van der Waals surface area contributed by atoms with Crippen LogP contribution in [-0.2, 0) is 10.5 Å². The molecule has 1 unspecified atom stereocenters. The number of hydrogen-bond acceptors (Lipinski definition) is 2. The van der Waals surface area contributed by atoms with Crippen LogP contribution in [0.4, 0.5) is 0 Å². The highest BCUT2D eigenvalue weighted by Crippen LogP contribution is 2.28. The largest absolute Gasteiger partial charge is 0.508 e. The van der Waals surface area contributed by atoms with Gasteiger partial charge < -0.3 is 9.22 Å². The van der Waals surface area contributed by atoms with Gasteiger partial charge in [-0.15, -0.1) is 0 Å². The predicted octanol–water partition coefficient (Wildman–Crippen LogP) is 5.94. The van der Waals surface area contributed by atoms with Crippen LogP contribution >= 0.6 is 0 Å². The normalized spacial score (nSPS) is 14.8. The fourth-order valence-corrected chi connectivity index (χ4v) is 12.2. The minimum Gasteiger partial charge on any atom is -0.508 e. The lowest BCUT2D eigenvalue weighted by Gasteiger charge is -2.36. The number of benzene rings is 1. The van der Waals surface area contributed by atoms with Crippen LogP contribution in [0.3, 0.4) is 0 Å². The van der Waals surface area contributed by atoms with Crippen molar-refractivity contribution in [3.8, 4) is 5.75 Å². The Bertz CT molecular complexity index is 448. The van der Waals surface area contributed by atoms with E-state index < -0.39 is 16.6 Å². The number of unbranched alkanes of at least 4 members (excludes halogenated alkanes) is 1. The number of aryl methyl sites for hydroxylation is 1. The van der Waals surface area contributed by atoms with Gasteiger partial charge in [0.05, 0.1) is 0 Å². The van der Waals surface area contributed by atoms with E-state index >= 15 is 0 Å². The molecule has 0 aromatic heterocycles. The number of aromatic hydroxyl groups is 1. The van der Waals surface area contributed by atoms with Gasteiger partial charge in [0.25, 0.3) is 0 Å². The lowest BCUT2D eigenvalue weighted by molar-refractivity contribution is 0.466. The van der Waals surface area contributed by atoms with E-state index in [1.54, 1.807) is 6.07 Å². The molecule has 126 valence electrons. The Labute approximate surface area is 139 Å². The Balaban J connectivity index is 2.54. The molecule has 1 N–H and O–H groups in total. The van der Waals surface area contributed by atoms with Crippen LogP contribution in [0.1, 0.15) is 38.7 Å². The molecule has 0 fully saturated rings. The summed E-state index contributed by atoms with van der Waals surface area (Å²) in [6, 6.07) is 11.4. The Morgan fingerprint density at radius 2 is 1.68 bits per heavy atom. The van der Waals surface area contributed by atoms with Gasteiger partial charge in [-0.3, -0.25) is 0 Å². The maximum absolute atomic E-state index is 9.87. The zero-order valence-electron chi connectivity index (χ0n) is 15.1. The first-order valence-electron chi connectivity index (χ1n) is 8.79. The van der Waals surface area contributed by atoms with Gasteiger partial charge in [0.1, 0.15) is 5.75 Å². The molecule has 0 aliphatic rings. The average Bonchev–Trinajstić information content (AvgIpc) is 2.47. The molecule has 0 bridgehead atoms.